The fraction of sp³-hybridized carbons (Fsp3) is 0.0625. The lowest BCUT2D eigenvalue weighted by atomic mass is 10.1. The Kier molecular flexibility index (Phi) is 4.30. The summed E-state index contributed by atoms with van der Waals surface area (Å²) in [5.41, 5.74) is 1.43. The Bertz CT molecular complexity index is 935. The predicted octanol–water partition coefficient (Wildman–Crippen LogP) is 3.91. The summed E-state index contributed by atoms with van der Waals surface area (Å²) < 4.78 is 13.9. The molecule has 0 aliphatic heterocycles. The van der Waals surface area contributed by atoms with Crippen LogP contribution in [0.5, 0.6) is 0 Å². The van der Waals surface area contributed by atoms with Crippen molar-refractivity contribution in [2.24, 2.45) is 0 Å². The second-order valence-corrected chi connectivity index (χ2v) is 6.07. The second-order valence-electron chi connectivity index (χ2n) is 5.15. The van der Waals surface area contributed by atoms with E-state index in [4.69, 9.17) is 0 Å². The highest BCUT2D eigenvalue weighted by molar-refractivity contribution is 9.10. The van der Waals surface area contributed by atoms with Gasteiger partial charge in [0.15, 0.2) is 0 Å². The van der Waals surface area contributed by atoms with E-state index in [1.165, 1.54) is 30.5 Å². The van der Waals surface area contributed by atoms with Crippen molar-refractivity contribution >= 4 is 38.4 Å². The summed E-state index contributed by atoms with van der Waals surface area (Å²) >= 11 is 3.19. The molecule has 0 aliphatic rings. The lowest BCUT2D eigenvalue weighted by molar-refractivity contribution is -0.384. The van der Waals surface area contributed by atoms with E-state index in [2.05, 4.69) is 26.2 Å². The smallest absolute Gasteiger partial charge is 0.270 e. The van der Waals surface area contributed by atoms with Crippen molar-refractivity contribution in [2.45, 2.75) is 6.54 Å². The summed E-state index contributed by atoms with van der Waals surface area (Å²) in [4.78, 5) is 25.6. The summed E-state index contributed by atoms with van der Waals surface area (Å²) in [6.07, 6.45) is 1.49. The number of carbonyl (C=O) groups excluding carboxylic acids is 1. The molecule has 0 spiro atoms. The molecule has 1 aromatic heterocycles. The minimum atomic E-state index is -0.515. The minimum absolute atomic E-state index is 0.0924. The van der Waals surface area contributed by atoms with Gasteiger partial charge in [-0.2, -0.15) is 0 Å². The summed E-state index contributed by atoms with van der Waals surface area (Å²) in [5, 5.41) is 14.0. The molecule has 0 atom stereocenters. The van der Waals surface area contributed by atoms with Crippen molar-refractivity contribution in [3.8, 4) is 0 Å². The second kappa shape index (κ2) is 6.40. The Morgan fingerprint density at radius 2 is 2.08 bits per heavy atom. The number of hydrogen-bond acceptors (Lipinski definition) is 3. The number of aromatic nitrogens is 1. The average molecular weight is 392 g/mol. The molecular weight excluding hydrogens is 381 g/mol. The van der Waals surface area contributed by atoms with Gasteiger partial charge in [-0.25, -0.2) is 4.39 Å². The number of hydrogen-bond donors (Lipinski definition) is 2. The number of nitrogens with one attached hydrogen (secondary N) is 2. The molecule has 3 rings (SSSR count). The molecule has 0 saturated heterocycles. The van der Waals surface area contributed by atoms with Gasteiger partial charge in [0.1, 0.15) is 5.82 Å². The van der Waals surface area contributed by atoms with Crippen LogP contribution < -0.4 is 5.32 Å². The number of carbonyl (C=O) groups is 1. The Morgan fingerprint density at radius 3 is 2.79 bits per heavy atom. The van der Waals surface area contributed by atoms with E-state index >= 15 is 0 Å². The van der Waals surface area contributed by atoms with Gasteiger partial charge in [-0.3, -0.25) is 14.9 Å². The molecule has 6 nitrogen and oxygen atoms in total. The lowest BCUT2D eigenvalue weighted by Gasteiger charge is -2.06. The van der Waals surface area contributed by atoms with Crippen molar-refractivity contribution in [3.63, 3.8) is 0 Å². The fourth-order valence-corrected chi connectivity index (χ4v) is 2.91. The maximum Gasteiger partial charge on any atom is 0.270 e. The molecule has 0 bridgehead atoms. The van der Waals surface area contributed by atoms with Crippen LogP contribution >= 0.6 is 15.9 Å². The zero-order valence-corrected chi connectivity index (χ0v) is 13.8. The molecule has 1 heterocycles. The topological polar surface area (TPSA) is 88.0 Å². The number of rotatable bonds is 4. The first-order valence-corrected chi connectivity index (χ1v) is 7.72. The minimum Gasteiger partial charge on any atom is -0.360 e. The average Bonchev–Trinajstić information content (AvgIpc) is 2.94. The number of non-ortho nitro benzene ring substituents is 1. The van der Waals surface area contributed by atoms with Crippen LogP contribution in [0.4, 0.5) is 10.1 Å². The number of nitro groups is 1. The van der Waals surface area contributed by atoms with Gasteiger partial charge in [-0.1, -0.05) is 15.9 Å². The van der Waals surface area contributed by atoms with Crippen LogP contribution in [0.1, 0.15) is 15.9 Å². The van der Waals surface area contributed by atoms with E-state index in [0.29, 0.717) is 26.5 Å². The number of aromatic amines is 1. The molecule has 0 fully saturated rings. The van der Waals surface area contributed by atoms with Gasteiger partial charge in [0.05, 0.1) is 10.5 Å². The maximum absolute atomic E-state index is 13.3. The first-order valence-electron chi connectivity index (χ1n) is 6.93. The molecule has 122 valence electrons. The van der Waals surface area contributed by atoms with E-state index in [9.17, 15) is 19.3 Å². The van der Waals surface area contributed by atoms with Crippen molar-refractivity contribution in [3.05, 3.63) is 74.1 Å². The molecule has 2 aromatic carbocycles. The standard InChI is InChI=1S/C16H11BrFN3O3/c17-10-3-9(4-11(18)5-10)7-20-16(22)14-8-19-15-2-1-12(21(23)24)6-13(14)15/h1-6,8,19H,7H2,(H,20,22). The Morgan fingerprint density at radius 1 is 1.29 bits per heavy atom. The number of nitrogens with zero attached hydrogens (tertiary/aromatic N) is 1. The highest BCUT2D eigenvalue weighted by Gasteiger charge is 2.15. The van der Waals surface area contributed by atoms with Crippen LogP contribution in [-0.2, 0) is 6.54 Å². The number of amides is 1. The van der Waals surface area contributed by atoms with Gasteiger partial charge in [-0.05, 0) is 29.8 Å². The monoisotopic (exact) mass is 391 g/mol. The third-order valence-electron chi connectivity index (χ3n) is 3.50. The fourth-order valence-electron chi connectivity index (χ4n) is 2.40. The molecular formula is C16H11BrFN3O3. The number of H-pyrrole nitrogens is 1. The van der Waals surface area contributed by atoms with Crippen LogP contribution in [0, 0.1) is 15.9 Å². The predicted molar refractivity (Wildman–Crippen MR) is 90.2 cm³/mol. The first-order chi connectivity index (χ1) is 11.4. The van der Waals surface area contributed by atoms with Gasteiger partial charge in [-0.15, -0.1) is 0 Å². The molecule has 3 aromatic rings. The van der Waals surface area contributed by atoms with E-state index in [1.807, 2.05) is 0 Å². The largest absolute Gasteiger partial charge is 0.360 e. The van der Waals surface area contributed by atoms with Gasteiger partial charge >= 0.3 is 0 Å². The molecule has 0 unspecified atom stereocenters. The lowest BCUT2D eigenvalue weighted by Crippen LogP contribution is -2.22. The highest BCUT2D eigenvalue weighted by Crippen LogP contribution is 2.23. The Hall–Kier alpha value is -2.74. The zero-order chi connectivity index (χ0) is 17.3. The summed E-state index contributed by atoms with van der Waals surface area (Å²) in [5.74, 6) is -0.807. The van der Waals surface area contributed by atoms with E-state index in [-0.39, 0.29) is 12.2 Å². The molecule has 8 heteroatoms. The maximum atomic E-state index is 13.3. The molecule has 1 amide bonds. The number of benzene rings is 2. The van der Waals surface area contributed by atoms with E-state index in [0.717, 1.165) is 0 Å². The number of halogens is 2. The SMILES string of the molecule is O=C(NCc1cc(F)cc(Br)c1)c1c[nH]c2ccc([N+](=O)[O-])cc12. The van der Waals surface area contributed by atoms with Crippen molar-refractivity contribution in [1.82, 2.24) is 10.3 Å². The zero-order valence-electron chi connectivity index (χ0n) is 12.2. The van der Waals surface area contributed by atoms with Crippen LogP contribution in [0.15, 0.2) is 47.1 Å². The first kappa shape index (κ1) is 16.1. The normalized spacial score (nSPS) is 10.8. The third kappa shape index (κ3) is 3.28. The number of fused-ring (bicyclic) bond motifs is 1. The molecule has 0 saturated carbocycles. The molecule has 2 N–H and O–H groups in total. The highest BCUT2D eigenvalue weighted by atomic mass is 79.9. The van der Waals surface area contributed by atoms with Gasteiger partial charge in [0.25, 0.3) is 11.6 Å². The summed E-state index contributed by atoms with van der Waals surface area (Å²) in [6, 6.07) is 8.61. The molecule has 24 heavy (non-hydrogen) atoms. The van der Waals surface area contributed by atoms with E-state index in [1.54, 1.807) is 12.1 Å². The van der Waals surface area contributed by atoms with Crippen molar-refractivity contribution in [1.29, 1.82) is 0 Å². The Balaban J connectivity index is 1.83. The van der Waals surface area contributed by atoms with Gasteiger partial charge < -0.3 is 10.3 Å². The molecule has 0 aliphatic carbocycles. The van der Waals surface area contributed by atoms with Crippen molar-refractivity contribution in [2.75, 3.05) is 0 Å². The van der Waals surface area contributed by atoms with Crippen LogP contribution in [0.3, 0.4) is 0 Å². The number of nitro benzene ring substituents is 1. The van der Waals surface area contributed by atoms with Gasteiger partial charge in [0.2, 0.25) is 0 Å². The van der Waals surface area contributed by atoms with E-state index < -0.39 is 16.6 Å². The molecule has 0 radical (unpaired) electrons. The summed E-state index contributed by atoms with van der Waals surface area (Å²) in [6.45, 7) is 0.136. The van der Waals surface area contributed by atoms with Crippen LogP contribution in [-0.4, -0.2) is 15.8 Å². The quantitative estimate of drug-likeness (QED) is 0.521. The van der Waals surface area contributed by atoms with Crippen LogP contribution in [0.25, 0.3) is 10.9 Å². The summed E-state index contributed by atoms with van der Waals surface area (Å²) in [7, 11) is 0. The van der Waals surface area contributed by atoms with Gasteiger partial charge in [0, 0.05) is 40.2 Å². The van der Waals surface area contributed by atoms with Crippen molar-refractivity contribution < 1.29 is 14.1 Å². The Labute approximate surface area is 144 Å². The third-order valence-corrected chi connectivity index (χ3v) is 3.95. The van der Waals surface area contributed by atoms with Crippen LogP contribution in [0.2, 0.25) is 0 Å².